The molecular weight excluding hydrogens is 164 g/mol. The quantitative estimate of drug-likeness (QED) is 0.410. The van der Waals surface area contributed by atoms with Crippen molar-refractivity contribution in [2.75, 3.05) is 0 Å². The van der Waals surface area contributed by atoms with Gasteiger partial charge in [0.05, 0.1) is 5.92 Å². The molecule has 4 atom stereocenters. The Labute approximate surface area is 76.6 Å². The zero-order valence-corrected chi connectivity index (χ0v) is 7.09. The number of carbonyl (C=O) groups excluding carboxylic acids is 1. The van der Waals surface area contributed by atoms with E-state index in [1.807, 2.05) is 12.2 Å². The largest absolute Gasteiger partial charge is 0.457 e. The summed E-state index contributed by atoms with van der Waals surface area (Å²) in [5.41, 5.74) is 0. The molecule has 2 aliphatic carbocycles. The van der Waals surface area contributed by atoms with Gasteiger partial charge in [-0.2, -0.15) is 0 Å². The summed E-state index contributed by atoms with van der Waals surface area (Å²) < 4.78 is 5.25. The second kappa shape index (κ2) is 2.34. The summed E-state index contributed by atoms with van der Waals surface area (Å²) in [6, 6.07) is 0. The lowest BCUT2D eigenvalue weighted by molar-refractivity contribution is -0.141. The number of carbonyl (C=O) groups is 1. The zero-order valence-electron chi connectivity index (χ0n) is 7.09. The molecule has 2 heteroatoms. The molecule has 2 nitrogen and oxygen atoms in total. The minimum Gasteiger partial charge on any atom is -0.457 e. The van der Waals surface area contributed by atoms with Crippen LogP contribution in [0.2, 0.25) is 0 Å². The van der Waals surface area contributed by atoms with Crippen molar-refractivity contribution < 1.29 is 9.53 Å². The third kappa shape index (κ3) is 0.916. The second-order valence-corrected chi connectivity index (χ2v) is 3.74. The van der Waals surface area contributed by atoms with Crippen LogP contribution < -0.4 is 0 Å². The molecule has 0 aromatic carbocycles. The molecule has 1 aliphatic heterocycles. The molecule has 1 saturated heterocycles. The van der Waals surface area contributed by atoms with Crippen molar-refractivity contribution in [1.82, 2.24) is 0 Å². The summed E-state index contributed by atoms with van der Waals surface area (Å²) in [6.07, 6.45) is 12.4. The summed E-state index contributed by atoms with van der Waals surface area (Å²) in [6.45, 7) is 0. The molecule has 0 N–H and O–H groups in total. The fourth-order valence-corrected chi connectivity index (χ4v) is 2.19. The number of ether oxygens (including phenoxy) is 1. The van der Waals surface area contributed by atoms with Gasteiger partial charge in [-0.25, -0.2) is 0 Å². The Hall–Kier alpha value is -1.31. The highest BCUT2D eigenvalue weighted by atomic mass is 16.6. The van der Waals surface area contributed by atoms with Gasteiger partial charge >= 0.3 is 5.97 Å². The van der Waals surface area contributed by atoms with Gasteiger partial charge < -0.3 is 4.74 Å². The Kier molecular flexibility index (Phi) is 1.29. The SMILES string of the molecule is O=C1O[C@H]2C=C[C@@H]3C=C[C@H]2[C@H]1C=C3. The first-order chi connectivity index (χ1) is 6.34. The van der Waals surface area contributed by atoms with Crippen LogP contribution in [0.4, 0.5) is 0 Å². The molecule has 1 fully saturated rings. The number of hydrogen-bond donors (Lipinski definition) is 0. The zero-order chi connectivity index (χ0) is 8.84. The summed E-state index contributed by atoms with van der Waals surface area (Å²) in [5.74, 6) is 0.457. The predicted octanol–water partition coefficient (Wildman–Crippen LogP) is 1.46. The molecule has 0 unspecified atom stereocenters. The van der Waals surface area contributed by atoms with Gasteiger partial charge in [-0.1, -0.05) is 30.4 Å². The number of hydrogen-bond acceptors (Lipinski definition) is 2. The van der Waals surface area contributed by atoms with Crippen LogP contribution in [-0.4, -0.2) is 12.1 Å². The molecule has 2 bridgehead atoms. The molecular formula is C11H10O2. The lowest BCUT2D eigenvalue weighted by atomic mass is 9.90. The van der Waals surface area contributed by atoms with E-state index in [1.54, 1.807) is 0 Å². The Balaban J connectivity index is 2.15. The summed E-state index contributed by atoms with van der Waals surface area (Å²) in [5, 5.41) is 0. The van der Waals surface area contributed by atoms with Crippen LogP contribution in [-0.2, 0) is 9.53 Å². The van der Waals surface area contributed by atoms with Crippen molar-refractivity contribution >= 4 is 5.97 Å². The van der Waals surface area contributed by atoms with E-state index in [0.29, 0.717) is 5.92 Å². The maximum absolute atomic E-state index is 11.4. The summed E-state index contributed by atoms with van der Waals surface area (Å²) in [7, 11) is 0. The highest BCUT2D eigenvalue weighted by molar-refractivity contribution is 5.78. The molecule has 0 saturated carbocycles. The minimum absolute atomic E-state index is 0.0244. The first-order valence-corrected chi connectivity index (χ1v) is 4.60. The van der Waals surface area contributed by atoms with Crippen LogP contribution in [0.3, 0.4) is 0 Å². The van der Waals surface area contributed by atoms with E-state index in [4.69, 9.17) is 4.74 Å². The van der Waals surface area contributed by atoms with E-state index in [9.17, 15) is 4.79 Å². The Morgan fingerprint density at radius 2 is 1.77 bits per heavy atom. The first-order valence-electron chi connectivity index (χ1n) is 4.60. The van der Waals surface area contributed by atoms with E-state index >= 15 is 0 Å². The maximum Gasteiger partial charge on any atom is 0.314 e. The minimum atomic E-state index is -0.0805. The predicted molar refractivity (Wildman–Crippen MR) is 47.8 cm³/mol. The molecule has 1 heterocycles. The van der Waals surface area contributed by atoms with Crippen LogP contribution in [0.5, 0.6) is 0 Å². The van der Waals surface area contributed by atoms with Crippen molar-refractivity contribution in [3.05, 3.63) is 36.5 Å². The molecule has 13 heavy (non-hydrogen) atoms. The third-order valence-corrected chi connectivity index (χ3v) is 2.94. The van der Waals surface area contributed by atoms with Gasteiger partial charge in [0.2, 0.25) is 0 Å². The number of allylic oxidation sites excluding steroid dienone is 3. The molecule has 0 amide bonds. The van der Waals surface area contributed by atoms with Crippen LogP contribution in [0.15, 0.2) is 36.5 Å². The van der Waals surface area contributed by atoms with E-state index in [2.05, 4.69) is 24.3 Å². The van der Waals surface area contributed by atoms with Crippen LogP contribution >= 0.6 is 0 Å². The normalized spacial score (nSPS) is 44.8. The number of fused-ring (bicyclic) bond motifs is 1. The molecule has 3 rings (SSSR count). The number of esters is 1. The third-order valence-electron chi connectivity index (χ3n) is 2.94. The van der Waals surface area contributed by atoms with Crippen molar-refractivity contribution in [3.63, 3.8) is 0 Å². The van der Waals surface area contributed by atoms with Gasteiger partial charge in [-0.3, -0.25) is 4.79 Å². The molecule has 66 valence electrons. The maximum atomic E-state index is 11.4. The van der Waals surface area contributed by atoms with E-state index < -0.39 is 0 Å². The second-order valence-electron chi connectivity index (χ2n) is 3.74. The molecule has 0 aromatic rings. The average molecular weight is 174 g/mol. The van der Waals surface area contributed by atoms with Crippen LogP contribution in [0.1, 0.15) is 0 Å². The van der Waals surface area contributed by atoms with E-state index in [0.717, 1.165) is 0 Å². The van der Waals surface area contributed by atoms with Gasteiger partial charge in [0.1, 0.15) is 6.10 Å². The monoisotopic (exact) mass is 174 g/mol. The summed E-state index contributed by atoms with van der Waals surface area (Å²) in [4.78, 5) is 11.4. The first kappa shape index (κ1) is 7.13. The standard InChI is InChI=1S/C11H10O2/c12-11-9-5-2-7-1-4-8(9)10(13-11)6-3-7/h1-10H/t7-,8+,9-,10+/m1/s1. The van der Waals surface area contributed by atoms with Crippen molar-refractivity contribution in [2.24, 2.45) is 17.8 Å². The average Bonchev–Trinajstić information content (AvgIpc) is 2.29. The lowest BCUT2D eigenvalue weighted by Gasteiger charge is -2.10. The fourth-order valence-electron chi connectivity index (χ4n) is 2.19. The van der Waals surface area contributed by atoms with Crippen molar-refractivity contribution in [2.45, 2.75) is 6.10 Å². The smallest absolute Gasteiger partial charge is 0.314 e. The molecule has 0 aromatic heterocycles. The fraction of sp³-hybridized carbons (Fsp3) is 0.364. The molecule has 0 radical (unpaired) electrons. The Morgan fingerprint density at radius 1 is 1.00 bits per heavy atom. The highest BCUT2D eigenvalue weighted by Gasteiger charge is 2.42. The van der Waals surface area contributed by atoms with E-state index in [-0.39, 0.29) is 23.9 Å². The molecule has 3 aliphatic rings. The summed E-state index contributed by atoms with van der Waals surface area (Å²) >= 11 is 0. The van der Waals surface area contributed by atoms with Crippen LogP contribution in [0, 0.1) is 17.8 Å². The van der Waals surface area contributed by atoms with Gasteiger partial charge in [0.25, 0.3) is 0 Å². The van der Waals surface area contributed by atoms with Gasteiger partial charge in [0, 0.05) is 11.8 Å². The van der Waals surface area contributed by atoms with Crippen LogP contribution in [0.25, 0.3) is 0 Å². The van der Waals surface area contributed by atoms with Gasteiger partial charge in [-0.15, -0.1) is 0 Å². The van der Waals surface area contributed by atoms with E-state index in [1.165, 1.54) is 0 Å². The number of rotatable bonds is 0. The Morgan fingerprint density at radius 3 is 2.69 bits per heavy atom. The van der Waals surface area contributed by atoms with Crippen molar-refractivity contribution in [1.29, 1.82) is 0 Å². The lowest BCUT2D eigenvalue weighted by Crippen LogP contribution is -2.15. The molecule has 0 spiro atoms. The van der Waals surface area contributed by atoms with Crippen molar-refractivity contribution in [3.8, 4) is 0 Å². The van der Waals surface area contributed by atoms with Gasteiger partial charge in [0.15, 0.2) is 0 Å². The Bertz CT molecular complexity index is 330. The van der Waals surface area contributed by atoms with Gasteiger partial charge in [-0.05, 0) is 6.08 Å². The topological polar surface area (TPSA) is 26.3 Å². The highest BCUT2D eigenvalue weighted by Crippen LogP contribution is 2.36.